The van der Waals surface area contributed by atoms with Crippen molar-refractivity contribution >= 4 is 0 Å². The first kappa shape index (κ1) is 11.9. The lowest BCUT2D eigenvalue weighted by Gasteiger charge is -1.93. The van der Waals surface area contributed by atoms with Gasteiger partial charge in [0.25, 0.3) is 0 Å². The summed E-state index contributed by atoms with van der Waals surface area (Å²) in [5, 5.41) is 0. The maximum Gasteiger partial charge on any atom is 0.0651 e. The molecule has 0 aliphatic rings. The monoisotopic (exact) mass is 178 g/mol. The predicted molar refractivity (Wildman–Crippen MR) is 58.7 cm³/mol. The van der Waals surface area contributed by atoms with Crippen LogP contribution in [0.5, 0.6) is 0 Å². The summed E-state index contributed by atoms with van der Waals surface area (Å²) >= 11 is 0. The minimum atomic E-state index is 0.673. The molecule has 0 amide bonds. The van der Waals surface area contributed by atoms with Gasteiger partial charge in [-0.1, -0.05) is 36.5 Å². The first-order valence-corrected chi connectivity index (χ1v) is 4.51. The predicted octanol–water partition coefficient (Wildman–Crippen LogP) is 3.27. The number of ether oxygens (including phenoxy) is 1. The van der Waals surface area contributed by atoms with Crippen molar-refractivity contribution in [2.45, 2.75) is 12.8 Å². The van der Waals surface area contributed by atoms with Gasteiger partial charge in [0.05, 0.1) is 13.2 Å². The van der Waals surface area contributed by atoms with Gasteiger partial charge < -0.3 is 4.74 Å². The highest BCUT2D eigenvalue weighted by molar-refractivity contribution is 4.90. The zero-order valence-corrected chi connectivity index (χ0v) is 8.11. The Bertz CT molecular complexity index is 158. The molecule has 0 unspecified atom stereocenters. The molecule has 1 nitrogen and oxygen atoms in total. The number of hydrogen-bond donors (Lipinski definition) is 0. The normalized spacial score (nSPS) is 11.1. The maximum atomic E-state index is 5.28. The standard InChI is InChI=1S/C12H18O/c1-3-5-7-9-11-13-12-10-8-6-4-2/h3-4,7-10H,1-2,5-6,11-12H2. The van der Waals surface area contributed by atoms with Crippen molar-refractivity contribution in [3.8, 4) is 0 Å². The Morgan fingerprint density at radius 2 is 1.23 bits per heavy atom. The van der Waals surface area contributed by atoms with Crippen molar-refractivity contribution < 1.29 is 4.74 Å². The maximum absolute atomic E-state index is 5.28. The highest BCUT2D eigenvalue weighted by Gasteiger charge is 1.77. The largest absolute Gasteiger partial charge is 0.373 e. The van der Waals surface area contributed by atoms with E-state index in [0.29, 0.717) is 13.2 Å². The molecule has 0 atom stereocenters. The molecule has 0 N–H and O–H groups in total. The summed E-state index contributed by atoms with van der Waals surface area (Å²) in [7, 11) is 0. The van der Waals surface area contributed by atoms with E-state index in [1.807, 2.05) is 36.5 Å². The molecule has 0 radical (unpaired) electrons. The van der Waals surface area contributed by atoms with Gasteiger partial charge in [-0.2, -0.15) is 0 Å². The van der Waals surface area contributed by atoms with E-state index in [1.165, 1.54) is 0 Å². The van der Waals surface area contributed by atoms with Gasteiger partial charge in [0.15, 0.2) is 0 Å². The fourth-order valence-corrected chi connectivity index (χ4v) is 0.725. The molecular formula is C12H18O. The van der Waals surface area contributed by atoms with Gasteiger partial charge in [-0.15, -0.1) is 13.2 Å². The first-order valence-electron chi connectivity index (χ1n) is 4.51. The van der Waals surface area contributed by atoms with E-state index in [2.05, 4.69) is 13.2 Å². The van der Waals surface area contributed by atoms with Crippen LogP contribution in [0.25, 0.3) is 0 Å². The Hall–Kier alpha value is -1.08. The van der Waals surface area contributed by atoms with Gasteiger partial charge in [0.1, 0.15) is 0 Å². The van der Waals surface area contributed by atoms with Crippen molar-refractivity contribution in [2.75, 3.05) is 13.2 Å². The second kappa shape index (κ2) is 10.9. The first-order chi connectivity index (χ1) is 6.41. The second-order valence-electron chi connectivity index (χ2n) is 2.53. The SMILES string of the molecule is C=CCC=CCOCC=CCC=C. The van der Waals surface area contributed by atoms with Gasteiger partial charge in [-0.3, -0.25) is 0 Å². The Balaban J connectivity index is 3.15. The molecule has 0 aromatic heterocycles. The lowest BCUT2D eigenvalue weighted by atomic mass is 10.4. The minimum Gasteiger partial charge on any atom is -0.373 e. The average molecular weight is 178 g/mol. The molecule has 13 heavy (non-hydrogen) atoms. The Morgan fingerprint density at radius 1 is 0.769 bits per heavy atom. The molecule has 0 fully saturated rings. The van der Waals surface area contributed by atoms with Crippen molar-refractivity contribution in [3.05, 3.63) is 49.6 Å². The van der Waals surface area contributed by atoms with E-state index < -0.39 is 0 Å². The van der Waals surface area contributed by atoms with Crippen LogP contribution in [0.1, 0.15) is 12.8 Å². The van der Waals surface area contributed by atoms with E-state index in [1.54, 1.807) is 0 Å². The number of hydrogen-bond acceptors (Lipinski definition) is 1. The van der Waals surface area contributed by atoms with Crippen LogP contribution in [-0.2, 0) is 4.74 Å². The summed E-state index contributed by atoms with van der Waals surface area (Å²) in [5.41, 5.74) is 0. The molecule has 0 aliphatic heterocycles. The van der Waals surface area contributed by atoms with E-state index in [9.17, 15) is 0 Å². The van der Waals surface area contributed by atoms with Crippen molar-refractivity contribution in [1.29, 1.82) is 0 Å². The van der Waals surface area contributed by atoms with Crippen molar-refractivity contribution in [1.82, 2.24) is 0 Å². The number of rotatable bonds is 8. The van der Waals surface area contributed by atoms with Crippen LogP contribution < -0.4 is 0 Å². The zero-order valence-electron chi connectivity index (χ0n) is 8.11. The topological polar surface area (TPSA) is 9.23 Å². The Kier molecular flexibility index (Phi) is 10.0. The smallest absolute Gasteiger partial charge is 0.0651 e. The molecule has 0 rings (SSSR count). The van der Waals surface area contributed by atoms with Crippen LogP contribution in [0.15, 0.2) is 49.6 Å². The van der Waals surface area contributed by atoms with Crippen LogP contribution in [-0.4, -0.2) is 13.2 Å². The van der Waals surface area contributed by atoms with Gasteiger partial charge in [-0.05, 0) is 12.8 Å². The summed E-state index contributed by atoms with van der Waals surface area (Å²) in [6.07, 6.45) is 13.6. The summed E-state index contributed by atoms with van der Waals surface area (Å²) < 4.78 is 5.28. The third kappa shape index (κ3) is 10.9. The minimum absolute atomic E-state index is 0.673. The van der Waals surface area contributed by atoms with Crippen LogP contribution in [0, 0.1) is 0 Å². The van der Waals surface area contributed by atoms with Crippen LogP contribution in [0.4, 0.5) is 0 Å². The molecule has 0 saturated carbocycles. The highest BCUT2D eigenvalue weighted by Crippen LogP contribution is 1.86. The molecule has 1 heteroatoms. The van der Waals surface area contributed by atoms with Crippen molar-refractivity contribution in [3.63, 3.8) is 0 Å². The van der Waals surface area contributed by atoms with E-state index in [-0.39, 0.29) is 0 Å². The van der Waals surface area contributed by atoms with Gasteiger partial charge >= 0.3 is 0 Å². The molecule has 0 bridgehead atoms. The summed E-state index contributed by atoms with van der Waals surface area (Å²) in [4.78, 5) is 0. The summed E-state index contributed by atoms with van der Waals surface area (Å²) in [6, 6.07) is 0. The average Bonchev–Trinajstić information content (AvgIpc) is 2.16. The van der Waals surface area contributed by atoms with Crippen LogP contribution in [0.3, 0.4) is 0 Å². The zero-order chi connectivity index (χ0) is 9.78. The van der Waals surface area contributed by atoms with Gasteiger partial charge in [0.2, 0.25) is 0 Å². The van der Waals surface area contributed by atoms with Crippen LogP contribution in [0.2, 0.25) is 0 Å². The van der Waals surface area contributed by atoms with Gasteiger partial charge in [0, 0.05) is 0 Å². The molecule has 0 heterocycles. The molecule has 0 aliphatic carbocycles. The lowest BCUT2D eigenvalue weighted by molar-refractivity contribution is 0.193. The highest BCUT2D eigenvalue weighted by atomic mass is 16.5. The second-order valence-corrected chi connectivity index (χ2v) is 2.53. The Labute approximate surface area is 81.1 Å². The van der Waals surface area contributed by atoms with Crippen LogP contribution >= 0.6 is 0 Å². The summed E-state index contributed by atoms with van der Waals surface area (Å²) in [5.74, 6) is 0. The summed E-state index contributed by atoms with van der Waals surface area (Å²) in [6.45, 7) is 8.58. The van der Waals surface area contributed by atoms with E-state index in [4.69, 9.17) is 4.74 Å². The van der Waals surface area contributed by atoms with Gasteiger partial charge in [-0.25, -0.2) is 0 Å². The fourth-order valence-electron chi connectivity index (χ4n) is 0.725. The molecule has 0 aromatic carbocycles. The molecule has 0 aromatic rings. The molecule has 72 valence electrons. The van der Waals surface area contributed by atoms with Crippen molar-refractivity contribution in [2.24, 2.45) is 0 Å². The van der Waals surface area contributed by atoms with E-state index >= 15 is 0 Å². The number of allylic oxidation sites excluding steroid dienone is 4. The molecular weight excluding hydrogens is 160 g/mol. The molecule has 0 spiro atoms. The van der Waals surface area contributed by atoms with E-state index in [0.717, 1.165) is 12.8 Å². The Morgan fingerprint density at radius 3 is 1.62 bits per heavy atom. The molecule has 0 saturated heterocycles. The third-order valence-corrected chi connectivity index (χ3v) is 1.37. The third-order valence-electron chi connectivity index (χ3n) is 1.37. The fraction of sp³-hybridized carbons (Fsp3) is 0.333. The lowest BCUT2D eigenvalue weighted by Crippen LogP contribution is -1.89. The quantitative estimate of drug-likeness (QED) is 0.409.